The van der Waals surface area contributed by atoms with Crippen molar-refractivity contribution in [2.45, 2.75) is 30.6 Å². The number of ether oxygens (including phenoxy) is 2. The minimum absolute atomic E-state index is 0.102. The lowest BCUT2D eigenvalue weighted by Gasteiger charge is -2.19. The van der Waals surface area contributed by atoms with E-state index in [0.29, 0.717) is 18.8 Å². The van der Waals surface area contributed by atoms with Crippen molar-refractivity contribution in [2.75, 3.05) is 32.6 Å². The molecule has 1 aromatic rings. The van der Waals surface area contributed by atoms with E-state index < -0.39 is 15.8 Å². The number of hydrogen-bond donors (Lipinski definition) is 1. The maximum atomic E-state index is 12.3. The van der Waals surface area contributed by atoms with E-state index in [0.717, 1.165) is 0 Å². The number of sulfonamides is 1. The number of hydrogen-bond acceptors (Lipinski definition) is 5. The Morgan fingerprint density at radius 2 is 2.00 bits per heavy atom. The highest BCUT2D eigenvalue weighted by Gasteiger charge is 2.32. The summed E-state index contributed by atoms with van der Waals surface area (Å²) in [6.07, 6.45) is -0.102. The van der Waals surface area contributed by atoms with Gasteiger partial charge >= 0.3 is 0 Å². The standard InChI is InChI=1S/C14H22N2O4S/c1-14(2)19-10-11(20-14)9-15-12-7-5-6-8-13(12)21(17,18)16(3)4/h5-8,11,15H,9-10H2,1-4H3. The molecule has 21 heavy (non-hydrogen) atoms. The maximum Gasteiger partial charge on any atom is 0.244 e. The summed E-state index contributed by atoms with van der Waals surface area (Å²) in [4.78, 5) is 0.258. The smallest absolute Gasteiger partial charge is 0.244 e. The Hall–Kier alpha value is -1.15. The van der Waals surface area contributed by atoms with Crippen molar-refractivity contribution in [3.8, 4) is 0 Å². The van der Waals surface area contributed by atoms with Gasteiger partial charge in [-0.2, -0.15) is 0 Å². The number of rotatable bonds is 5. The molecule has 0 radical (unpaired) electrons. The minimum atomic E-state index is -3.48. The van der Waals surface area contributed by atoms with Gasteiger partial charge in [0.05, 0.1) is 12.3 Å². The van der Waals surface area contributed by atoms with Crippen LogP contribution in [0.15, 0.2) is 29.2 Å². The average molecular weight is 314 g/mol. The molecule has 118 valence electrons. The van der Waals surface area contributed by atoms with Crippen LogP contribution in [0.1, 0.15) is 13.8 Å². The topological polar surface area (TPSA) is 67.9 Å². The summed E-state index contributed by atoms with van der Waals surface area (Å²) < 4.78 is 37.0. The van der Waals surface area contributed by atoms with Crippen LogP contribution in [-0.2, 0) is 19.5 Å². The fraction of sp³-hybridized carbons (Fsp3) is 0.571. The maximum absolute atomic E-state index is 12.3. The number of benzene rings is 1. The van der Waals surface area contributed by atoms with Gasteiger partial charge in [-0.15, -0.1) is 0 Å². The third kappa shape index (κ3) is 3.74. The normalized spacial score (nSPS) is 21.7. The van der Waals surface area contributed by atoms with Crippen LogP contribution in [0.25, 0.3) is 0 Å². The average Bonchev–Trinajstić information content (AvgIpc) is 2.76. The summed E-state index contributed by atoms with van der Waals surface area (Å²) in [5.41, 5.74) is 0.569. The lowest BCUT2D eigenvalue weighted by atomic mass is 10.3. The summed E-state index contributed by atoms with van der Waals surface area (Å²) in [6, 6.07) is 6.84. The van der Waals surface area contributed by atoms with Gasteiger partial charge in [-0.1, -0.05) is 12.1 Å². The van der Waals surface area contributed by atoms with E-state index >= 15 is 0 Å². The Balaban J connectivity index is 2.12. The van der Waals surface area contributed by atoms with Gasteiger partial charge in [0.2, 0.25) is 10.0 Å². The summed E-state index contributed by atoms with van der Waals surface area (Å²) >= 11 is 0. The van der Waals surface area contributed by atoms with Gasteiger partial charge < -0.3 is 14.8 Å². The highest BCUT2D eigenvalue weighted by molar-refractivity contribution is 7.89. The quantitative estimate of drug-likeness (QED) is 0.892. The molecular weight excluding hydrogens is 292 g/mol. The van der Waals surface area contributed by atoms with Gasteiger partial charge in [0.15, 0.2) is 5.79 Å². The molecule has 0 amide bonds. The van der Waals surface area contributed by atoms with Crippen molar-refractivity contribution in [2.24, 2.45) is 0 Å². The molecule has 2 rings (SSSR count). The molecular formula is C14H22N2O4S. The summed E-state index contributed by atoms with van der Waals surface area (Å²) in [5.74, 6) is -0.582. The third-order valence-electron chi connectivity index (χ3n) is 3.23. The molecule has 0 bridgehead atoms. The highest BCUT2D eigenvalue weighted by Crippen LogP contribution is 2.25. The molecule has 0 saturated carbocycles. The molecule has 1 aliphatic rings. The fourth-order valence-electron chi connectivity index (χ4n) is 2.12. The third-order valence-corrected chi connectivity index (χ3v) is 5.11. The predicted octanol–water partition coefficient (Wildman–Crippen LogP) is 1.50. The minimum Gasteiger partial charge on any atom is -0.381 e. The molecule has 7 heteroatoms. The predicted molar refractivity (Wildman–Crippen MR) is 80.7 cm³/mol. The van der Waals surface area contributed by atoms with Crippen LogP contribution in [0.2, 0.25) is 0 Å². The Bertz CT molecular complexity index is 599. The van der Waals surface area contributed by atoms with Crippen LogP contribution in [0.4, 0.5) is 5.69 Å². The van der Waals surface area contributed by atoms with Gasteiger partial charge in [-0.05, 0) is 26.0 Å². The Kier molecular flexibility index (Phi) is 4.57. The first-order valence-corrected chi connectivity index (χ1v) is 8.23. The van der Waals surface area contributed by atoms with Crippen molar-refractivity contribution < 1.29 is 17.9 Å². The number of nitrogens with zero attached hydrogens (tertiary/aromatic N) is 1. The van der Waals surface area contributed by atoms with E-state index in [1.54, 1.807) is 24.3 Å². The molecule has 1 unspecified atom stereocenters. The molecule has 1 aliphatic heterocycles. The second-order valence-electron chi connectivity index (χ2n) is 5.62. The molecule has 0 spiro atoms. The number of nitrogens with one attached hydrogen (secondary N) is 1. The lowest BCUT2D eigenvalue weighted by Crippen LogP contribution is -2.27. The molecule has 1 aromatic carbocycles. The van der Waals surface area contributed by atoms with Crippen molar-refractivity contribution >= 4 is 15.7 Å². The van der Waals surface area contributed by atoms with Crippen LogP contribution in [-0.4, -0.2) is 51.9 Å². The zero-order chi connectivity index (χ0) is 15.7. The van der Waals surface area contributed by atoms with Crippen LogP contribution in [0, 0.1) is 0 Å². The first-order valence-electron chi connectivity index (χ1n) is 6.79. The van der Waals surface area contributed by atoms with Crippen LogP contribution in [0.3, 0.4) is 0 Å². The van der Waals surface area contributed by atoms with E-state index in [9.17, 15) is 8.42 Å². The van der Waals surface area contributed by atoms with E-state index in [4.69, 9.17) is 9.47 Å². The molecule has 1 heterocycles. The SMILES string of the molecule is CN(C)S(=O)(=O)c1ccccc1NCC1COC(C)(C)O1. The van der Waals surface area contributed by atoms with Crippen LogP contribution < -0.4 is 5.32 Å². The van der Waals surface area contributed by atoms with Gasteiger partial charge in [0.1, 0.15) is 11.0 Å². The molecule has 1 atom stereocenters. The Labute approximate surface area is 126 Å². The fourth-order valence-corrected chi connectivity index (χ4v) is 3.18. The number of anilines is 1. The van der Waals surface area contributed by atoms with Gasteiger partial charge in [0, 0.05) is 20.6 Å². The summed E-state index contributed by atoms with van der Waals surface area (Å²) in [7, 11) is -0.444. The molecule has 0 aliphatic carbocycles. The van der Waals surface area contributed by atoms with E-state index in [1.807, 2.05) is 13.8 Å². The molecule has 0 aromatic heterocycles. The van der Waals surface area contributed by atoms with Gasteiger partial charge in [-0.3, -0.25) is 0 Å². The molecule has 1 fully saturated rings. The van der Waals surface area contributed by atoms with Crippen molar-refractivity contribution in [1.82, 2.24) is 4.31 Å². The summed E-state index contributed by atoms with van der Waals surface area (Å²) in [6.45, 7) is 4.70. The zero-order valence-electron chi connectivity index (χ0n) is 12.8. The number of para-hydroxylation sites is 1. The second-order valence-corrected chi connectivity index (χ2v) is 7.74. The first-order chi connectivity index (χ1) is 9.72. The largest absolute Gasteiger partial charge is 0.381 e. The monoisotopic (exact) mass is 314 g/mol. The first kappa shape index (κ1) is 16.2. The summed E-state index contributed by atoms with van der Waals surface area (Å²) in [5, 5.41) is 3.14. The Morgan fingerprint density at radius 3 is 2.57 bits per heavy atom. The molecule has 1 N–H and O–H groups in total. The van der Waals surface area contributed by atoms with E-state index in [-0.39, 0.29) is 11.0 Å². The lowest BCUT2D eigenvalue weighted by molar-refractivity contribution is -0.136. The highest BCUT2D eigenvalue weighted by atomic mass is 32.2. The van der Waals surface area contributed by atoms with Crippen molar-refractivity contribution in [1.29, 1.82) is 0 Å². The van der Waals surface area contributed by atoms with Gasteiger partial charge in [-0.25, -0.2) is 12.7 Å². The second kappa shape index (κ2) is 5.92. The molecule has 1 saturated heterocycles. The van der Waals surface area contributed by atoms with E-state index in [2.05, 4.69) is 5.32 Å². The van der Waals surface area contributed by atoms with Gasteiger partial charge in [0.25, 0.3) is 0 Å². The van der Waals surface area contributed by atoms with Crippen LogP contribution >= 0.6 is 0 Å². The van der Waals surface area contributed by atoms with Crippen molar-refractivity contribution in [3.63, 3.8) is 0 Å². The van der Waals surface area contributed by atoms with Crippen LogP contribution in [0.5, 0.6) is 0 Å². The van der Waals surface area contributed by atoms with Crippen molar-refractivity contribution in [3.05, 3.63) is 24.3 Å². The molecule has 6 nitrogen and oxygen atoms in total. The zero-order valence-corrected chi connectivity index (χ0v) is 13.6. The van der Waals surface area contributed by atoms with E-state index in [1.165, 1.54) is 18.4 Å². The Morgan fingerprint density at radius 1 is 1.33 bits per heavy atom.